The molecule has 0 spiro atoms. The fourth-order valence-corrected chi connectivity index (χ4v) is 5.01. The minimum atomic E-state index is -0.983. The largest absolute Gasteiger partial charge is 0.508 e. The number of aliphatic hydroxyl groups excluding tert-OH is 1. The van der Waals surface area contributed by atoms with Crippen molar-refractivity contribution in [1.29, 1.82) is 0 Å². The SMILES string of the molecule is CC(C)(O)CCCC1(C)Oc2c(O)c(CCC(C)(C)O)c3cc(-c4cc(O)cc(O)c4)oc3c2CC1O. The third kappa shape index (κ3) is 5.81. The first kappa shape index (κ1) is 27.1. The number of benzene rings is 2. The van der Waals surface area contributed by atoms with E-state index >= 15 is 0 Å². The lowest BCUT2D eigenvalue weighted by Gasteiger charge is -2.40. The summed E-state index contributed by atoms with van der Waals surface area (Å²) in [6, 6.07) is 5.88. The van der Waals surface area contributed by atoms with Crippen molar-refractivity contribution in [2.75, 3.05) is 0 Å². The zero-order chi connectivity index (χ0) is 27.3. The van der Waals surface area contributed by atoms with Crippen LogP contribution in [0, 0.1) is 0 Å². The van der Waals surface area contributed by atoms with Gasteiger partial charge in [0.25, 0.3) is 0 Å². The molecule has 2 atom stereocenters. The van der Waals surface area contributed by atoms with E-state index in [-0.39, 0.29) is 29.4 Å². The highest BCUT2D eigenvalue weighted by Crippen LogP contribution is 2.50. The van der Waals surface area contributed by atoms with Crippen molar-refractivity contribution in [2.45, 2.75) is 96.1 Å². The topological polar surface area (TPSA) is 144 Å². The maximum Gasteiger partial charge on any atom is 0.169 e. The van der Waals surface area contributed by atoms with Crippen LogP contribution in [0.2, 0.25) is 0 Å². The number of furan rings is 1. The third-order valence-corrected chi connectivity index (χ3v) is 7.18. The van der Waals surface area contributed by atoms with Crippen LogP contribution >= 0.6 is 0 Å². The number of hydrogen-bond donors (Lipinski definition) is 6. The second-order valence-corrected chi connectivity index (χ2v) is 11.8. The molecular formula is C29H38O8. The van der Waals surface area contributed by atoms with E-state index < -0.39 is 22.9 Å². The highest BCUT2D eigenvalue weighted by molar-refractivity contribution is 5.93. The minimum Gasteiger partial charge on any atom is -0.508 e. The van der Waals surface area contributed by atoms with Gasteiger partial charge in [0.1, 0.15) is 28.4 Å². The Morgan fingerprint density at radius 1 is 0.946 bits per heavy atom. The molecule has 2 heterocycles. The van der Waals surface area contributed by atoms with Gasteiger partial charge in [-0.2, -0.15) is 0 Å². The van der Waals surface area contributed by atoms with Crippen LogP contribution in [0.25, 0.3) is 22.3 Å². The van der Waals surface area contributed by atoms with Crippen molar-refractivity contribution in [1.82, 2.24) is 0 Å². The first-order chi connectivity index (χ1) is 17.1. The van der Waals surface area contributed by atoms with Crippen LogP contribution in [-0.2, 0) is 12.8 Å². The fraction of sp³-hybridized carbons (Fsp3) is 0.517. The molecule has 0 bridgehead atoms. The molecule has 8 nitrogen and oxygen atoms in total. The maximum atomic E-state index is 11.4. The smallest absolute Gasteiger partial charge is 0.169 e. The van der Waals surface area contributed by atoms with Crippen LogP contribution in [0.5, 0.6) is 23.0 Å². The molecule has 202 valence electrons. The molecule has 0 fully saturated rings. The van der Waals surface area contributed by atoms with E-state index in [1.165, 1.54) is 18.2 Å². The molecule has 0 saturated heterocycles. The third-order valence-electron chi connectivity index (χ3n) is 7.18. The first-order valence-electron chi connectivity index (χ1n) is 12.7. The Labute approximate surface area is 216 Å². The van der Waals surface area contributed by atoms with Crippen molar-refractivity contribution in [3.8, 4) is 34.3 Å². The van der Waals surface area contributed by atoms with Crippen LogP contribution < -0.4 is 4.74 Å². The predicted molar refractivity (Wildman–Crippen MR) is 140 cm³/mol. The highest BCUT2D eigenvalue weighted by Gasteiger charge is 2.43. The van der Waals surface area contributed by atoms with Crippen LogP contribution in [-0.4, -0.2) is 53.5 Å². The van der Waals surface area contributed by atoms with Crippen LogP contribution in [0.4, 0.5) is 0 Å². The van der Waals surface area contributed by atoms with E-state index in [0.717, 1.165) is 0 Å². The van der Waals surface area contributed by atoms with E-state index in [2.05, 4.69) is 0 Å². The Balaban J connectivity index is 1.83. The summed E-state index contributed by atoms with van der Waals surface area (Å²) in [5.74, 6) is 0.310. The van der Waals surface area contributed by atoms with Gasteiger partial charge in [0.2, 0.25) is 0 Å². The highest BCUT2D eigenvalue weighted by atomic mass is 16.5. The van der Waals surface area contributed by atoms with Gasteiger partial charge in [-0.25, -0.2) is 0 Å². The summed E-state index contributed by atoms with van der Waals surface area (Å²) in [5.41, 5.74) is -0.826. The zero-order valence-corrected chi connectivity index (χ0v) is 22.1. The normalized spacial score (nSPS) is 20.2. The maximum absolute atomic E-state index is 11.4. The molecule has 0 saturated carbocycles. The number of ether oxygens (including phenoxy) is 1. The molecule has 0 radical (unpaired) electrons. The lowest BCUT2D eigenvalue weighted by Crippen LogP contribution is -2.49. The van der Waals surface area contributed by atoms with Crippen molar-refractivity contribution in [3.63, 3.8) is 0 Å². The average Bonchev–Trinajstić information content (AvgIpc) is 3.18. The molecule has 1 aromatic heterocycles. The summed E-state index contributed by atoms with van der Waals surface area (Å²) in [6.07, 6.45) is 1.63. The molecule has 4 rings (SSSR count). The van der Waals surface area contributed by atoms with Crippen LogP contribution in [0.1, 0.15) is 71.4 Å². The Bertz CT molecular complexity index is 1270. The minimum absolute atomic E-state index is 0.0570. The predicted octanol–water partition coefficient (Wildman–Crippen LogP) is 4.92. The van der Waals surface area contributed by atoms with E-state index in [0.29, 0.717) is 65.5 Å². The first-order valence-corrected chi connectivity index (χ1v) is 12.7. The molecule has 0 aliphatic carbocycles. The average molecular weight is 515 g/mol. The molecule has 6 N–H and O–H groups in total. The van der Waals surface area contributed by atoms with Gasteiger partial charge in [-0.05, 0) is 84.9 Å². The Kier molecular flexibility index (Phi) is 6.90. The molecular weight excluding hydrogens is 476 g/mol. The van der Waals surface area contributed by atoms with E-state index in [4.69, 9.17) is 9.15 Å². The number of phenols is 3. The zero-order valence-electron chi connectivity index (χ0n) is 22.1. The number of hydrogen-bond acceptors (Lipinski definition) is 8. The molecule has 1 aliphatic heterocycles. The lowest BCUT2D eigenvalue weighted by atomic mass is 9.83. The van der Waals surface area contributed by atoms with Crippen molar-refractivity contribution in [3.05, 3.63) is 35.4 Å². The van der Waals surface area contributed by atoms with Crippen LogP contribution in [0.3, 0.4) is 0 Å². The molecule has 1 aliphatic rings. The van der Waals surface area contributed by atoms with Gasteiger partial charge in [0, 0.05) is 34.6 Å². The standard InChI is InChI=1S/C29H38O8/c1-27(2,34)8-6-9-29(5)23(32)15-21-25-20(14-22(36-25)16-11-17(30)13-18(31)12-16)19(7-10-28(3,4)35)24(33)26(21)37-29/h11-14,23,30-35H,6-10,15H2,1-5H3. The quantitative estimate of drug-likeness (QED) is 0.249. The van der Waals surface area contributed by atoms with Crippen molar-refractivity contribution < 1.29 is 39.8 Å². The monoisotopic (exact) mass is 514 g/mol. The van der Waals surface area contributed by atoms with Gasteiger partial charge in [-0.15, -0.1) is 0 Å². The summed E-state index contributed by atoms with van der Waals surface area (Å²) in [7, 11) is 0. The van der Waals surface area contributed by atoms with E-state index in [9.17, 15) is 30.6 Å². The molecule has 2 unspecified atom stereocenters. The van der Waals surface area contributed by atoms with Gasteiger partial charge in [-0.1, -0.05) is 0 Å². The van der Waals surface area contributed by atoms with Crippen molar-refractivity contribution >= 4 is 11.0 Å². The second-order valence-electron chi connectivity index (χ2n) is 11.8. The summed E-state index contributed by atoms with van der Waals surface area (Å²) in [5, 5.41) is 63.6. The molecule has 37 heavy (non-hydrogen) atoms. The Morgan fingerprint density at radius 2 is 1.57 bits per heavy atom. The van der Waals surface area contributed by atoms with Crippen LogP contribution in [0.15, 0.2) is 28.7 Å². The molecule has 3 aromatic rings. The number of fused-ring (bicyclic) bond motifs is 3. The van der Waals surface area contributed by atoms with Gasteiger partial charge < -0.3 is 39.8 Å². The molecule has 0 amide bonds. The fourth-order valence-electron chi connectivity index (χ4n) is 5.01. The number of aryl methyl sites for hydroxylation is 1. The van der Waals surface area contributed by atoms with Gasteiger partial charge >= 0.3 is 0 Å². The molecule has 2 aromatic carbocycles. The summed E-state index contributed by atoms with van der Waals surface area (Å²) >= 11 is 0. The summed E-state index contributed by atoms with van der Waals surface area (Å²) < 4.78 is 12.5. The number of aliphatic hydroxyl groups is 3. The number of aromatic hydroxyl groups is 3. The van der Waals surface area contributed by atoms with Gasteiger partial charge in [0.05, 0.1) is 17.3 Å². The number of phenolic OH excluding ortho intramolecular Hbond substituents is 3. The summed E-state index contributed by atoms with van der Waals surface area (Å²) in [4.78, 5) is 0. The lowest BCUT2D eigenvalue weighted by molar-refractivity contribution is -0.0645. The number of rotatable bonds is 8. The molecule has 8 heteroatoms. The van der Waals surface area contributed by atoms with Gasteiger partial charge in [-0.3, -0.25) is 0 Å². The summed E-state index contributed by atoms with van der Waals surface area (Å²) in [6.45, 7) is 8.67. The van der Waals surface area contributed by atoms with Gasteiger partial charge in [0.15, 0.2) is 11.5 Å². The second kappa shape index (κ2) is 9.42. The van der Waals surface area contributed by atoms with E-state index in [1.807, 2.05) is 0 Å². The Morgan fingerprint density at radius 3 is 2.16 bits per heavy atom. The van der Waals surface area contributed by atoms with Crippen molar-refractivity contribution in [2.24, 2.45) is 0 Å². The van der Waals surface area contributed by atoms with E-state index in [1.54, 1.807) is 40.7 Å². The Hall–Kier alpha value is -2.94.